The Kier molecular flexibility index (Phi) is 2.34. The van der Waals surface area contributed by atoms with E-state index in [0.717, 1.165) is 22.4 Å². The van der Waals surface area contributed by atoms with Crippen LogP contribution in [0.3, 0.4) is 0 Å². The van der Waals surface area contributed by atoms with Crippen LogP contribution in [0.4, 0.5) is 0 Å². The number of benzene rings is 1. The number of aryl methyl sites for hydroxylation is 1. The van der Waals surface area contributed by atoms with Gasteiger partial charge >= 0.3 is 0 Å². The number of fused-ring (bicyclic) bond motifs is 1. The second-order valence-electron chi connectivity index (χ2n) is 4.14. The van der Waals surface area contributed by atoms with Crippen molar-refractivity contribution in [3.8, 4) is 6.07 Å². The van der Waals surface area contributed by atoms with E-state index in [9.17, 15) is 5.26 Å². The Morgan fingerprint density at radius 3 is 3.00 bits per heavy atom. The van der Waals surface area contributed by atoms with Crippen LogP contribution in [0.15, 0.2) is 36.9 Å². The Labute approximate surface area is 104 Å². The lowest BCUT2D eigenvalue weighted by atomic mass is 9.99. The summed E-state index contributed by atoms with van der Waals surface area (Å²) in [6.45, 7) is 0. The zero-order valence-corrected chi connectivity index (χ0v) is 9.83. The molecule has 3 aromatic rings. The first-order chi connectivity index (χ1) is 8.79. The van der Waals surface area contributed by atoms with Crippen molar-refractivity contribution in [1.29, 1.82) is 5.26 Å². The number of rotatable bonds is 2. The molecule has 2 heterocycles. The third kappa shape index (κ3) is 1.55. The van der Waals surface area contributed by atoms with Gasteiger partial charge in [-0.25, -0.2) is 9.97 Å². The molecule has 0 aliphatic heterocycles. The van der Waals surface area contributed by atoms with Crippen LogP contribution >= 0.6 is 0 Å². The largest absolute Gasteiger partial charge is 0.345 e. The van der Waals surface area contributed by atoms with E-state index in [-0.39, 0.29) is 5.92 Å². The van der Waals surface area contributed by atoms with Gasteiger partial charge in [-0.15, -0.1) is 0 Å². The highest BCUT2D eigenvalue weighted by atomic mass is 15.0. The number of H-pyrrole nitrogens is 1. The smallest absolute Gasteiger partial charge is 0.130 e. The fourth-order valence-corrected chi connectivity index (χ4v) is 2.07. The molecule has 0 fully saturated rings. The van der Waals surface area contributed by atoms with Crippen LogP contribution in [0, 0.1) is 11.3 Å². The van der Waals surface area contributed by atoms with E-state index in [4.69, 9.17) is 0 Å². The van der Waals surface area contributed by atoms with Crippen molar-refractivity contribution in [2.75, 3.05) is 0 Å². The highest BCUT2D eigenvalue weighted by Crippen LogP contribution is 2.24. The van der Waals surface area contributed by atoms with Crippen molar-refractivity contribution in [3.05, 3.63) is 48.3 Å². The molecule has 0 spiro atoms. The molecule has 5 heteroatoms. The number of imidazole rings is 2. The zero-order valence-electron chi connectivity index (χ0n) is 9.83. The molecular formula is C13H11N5. The molecule has 0 amide bonds. The van der Waals surface area contributed by atoms with Gasteiger partial charge in [0.25, 0.3) is 0 Å². The van der Waals surface area contributed by atoms with Gasteiger partial charge in [-0.1, -0.05) is 6.07 Å². The Hall–Kier alpha value is -2.61. The van der Waals surface area contributed by atoms with E-state index in [1.54, 1.807) is 12.5 Å². The molecule has 0 aliphatic rings. The molecule has 2 aromatic heterocycles. The maximum absolute atomic E-state index is 9.37. The first kappa shape index (κ1) is 10.5. The molecule has 18 heavy (non-hydrogen) atoms. The van der Waals surface area contributed by atoms with Crippen molar-refractivity contribution >= 4 is 11.0 Å². The van der Waals surface area contributed by atoms with Crippen LogP contribution in [0.25, 0.3) is 11.0 Å². The molecule has 1 N–H and O–H groups in total. The number of hydrogen-bond acceptors (Lipinski definition) is 3. The van der Waals surface area contributed by atoms with E-state index in [0.29, 0.717) is 0 Å². The van der Waals surface area contributed by atoms with E-state index < -0.39 is 0 Å². The third-order valence-electron chi connectivity index (χ3n) is 3.02. The molecule has 0 saturated heterocycles. The zero-order chi connectivity index (χ0) is 12.5. The molecule has 88 valence electrons. The lowest BCUT2D eigenvalue weighted by molar-refractivity contribution is 0.784. The minimum absolute atomic E-state index is 0.363. The predicted molar refractivity (Wildman–Crippen MR) is 66.8 cm³/mol. The number of nitriles is 1. The van der Waals surface area contributed by atoms with Crippen molar-refractivity contribution in [2.45, 2.75) is 5.92 Å². The number of hydrogen-bond donors (Lipinski definition) is 1. The Morgan fingerprint density at radius 1 is 1.39 bits per heavy atom. The van der Waals surface area contributed by atoms with E-state index in [2.05, 4.69) is 21.0 Å². The van der Waals surface area contributed by atoms with Gasteiger partial charge in [0, 0.05) is 19.4 Å². The molecule has 1 aromatic carbocycles. The molecule has 0 radical (unpaired) electrons. The average Bonchev–Trinajstić information content (AvgIpc) is 2.99. The molecule has 0 aliphatic carbocycles. The molecule has 5 nitrogen and oxygen atoms in total. The second kappa shape index (κ2) is 4.00. The van der Waals surface area contributed by atoms with Gasteiger partial charge in [0.1, 0.15) is 11.7 Å². The molecule has 0 saturated carbocycles. The normalized spacial score (nSPS) is 12.4. The molecule has 1 unspecified atom stereocenters. The summed E-state index contributed by atoms with van der Waals surface area (Å²) in [7, 11) is 1.89. The summed E-state index contributed by atoms with van der Waals surface area (Å²) in [4.78, 5) is 11.5. The maximum Gasteiger partial charge on any atom is 0.130 e. The fraction of sp³-hybridized carbons (Fsp3) is 0.154. The van der Waals surface area contributed by atoms with Gasteiger partial charge < -0.3 is 9.55 Å². The lowest BCUT2D eigenvalue weighted by Crippen LogP contribution is -2.05. The van der Waals surface area contributed by atoms with Crippen LogP contribution in [-0.4, -0.2) is 19.5 Å². The van der Waals surface area contributed by atoms with Crippen LogP contribution < -0.4 is 0 Å². The Bertz CT molecular complexity index is 731. The SMILES string of the molecule is Cn1ccnc1C(C#N)c1ccc2nc[nH]c2c1. The predicted octanol–water partition coefficient (Wildman–Crippen LogP) is 1.95. The van der Waals surface area contributed by atoms with Crippen LogP contribution in [-0.2, 0) is 7.05 Å². The van der Waals surface area contributed by atoms with E-state index in [1.807, 2.05) is 36.0 Å². The quantitative estimate of drug-likeness (QED) is 0.740. The number of nitrogens with one attached hydrogen (secondary N) is 1. The van der Waals surface area contributed by atoms with Gasteiger partial charge in [-0.3, -0.25) is 0 Å². The highest BCUT2D eigenvalue weighted by Gasteiger charge is 2.18. The minimum atomic E-state index is -0.363. The first-order valence-electron chi connectivity index (χ1n) is 5.59. The van der Waals surface area contributed by atoms with Crippen molar-refractivity contribution in [2.24, 2.45) is 7.05 Å². The Morgan fingerprint density at radius 2 is 2.28 bits per heavy atom. The molecule has 3 rings (SSSR count). The van der Waals surface area contributed by atoms with Gasteiger partial charge in [-0.2, -0.15) is 5.26 Å². The van der Waals surface area contributed by atoms with Crippen LogP contribution in [0.5, 0.6) is 0 Å². The highest BCUT2D eigenvalue weighted by molar-refractivity contribution is 5.75. The lowest BCUT2D eigenvalue weighted by Gasteiger charge is -2.09. The van der Waals surface area contributed by atoms with Crippen molar-refractivity contribution in [3.63, 3.8) is 0 Å². The van der Waals surface area contributed by atoms with Crippen LogP contribution in [0.1, 0.15) is 17.3 Å². The number of aromatic amines is 1. The summed E-state index contributed by atoms with van der Waals surface area (Å²) in [6.07, 6.45) is 5.19. The summed E-state index contributed by atoms with van der Waals surface area (Å²) in [5.41, 5.74) is 2.75. The van der Waals surface area contributed by atoms with E-state index >= 15 is 0 Å². The standard InChI is InChI=1S/C13H11N5/c1-18-5-4-15-13(18)10(7-14)9-2-3-11-12(6-9)17-8-16-11/h2-6,8,10H,1H3,(H,16,17). The second-order valence-corrected chi connectivity index (χ2v) is 4.14. The van der Waals surface area contributed by atoms with Crippen molar-refractivity contribution in [1.82, 2.24) is 19.5 Å². The first-order valence-corrected chi connectivity index (χ1v) is 5.59. The number of nitrogens with zero attached hydrogens (tertiary/aromatic N) is 4. The minimum Gasteiger partial charge on any atom is -0.345 e. The molecular weight excluding hydrogens is 226 g/mol. The summed E-state index contributed by atoms with van der Waals surface area (Å²) in [5, 5.41) is 9.37. The topological polar surface area (TPSA) is 70.3 Å². The summed E-state index contributed by atoms with van der Waals surface area (Å²) in [5.74, 6) is 0.383. The van der Waals surface area contributed by atoms with Crippen LogP contribution in [0.2, 0.25) is 0 Å². The fourth-order valence-electron chi connectivity index (χ4n) is 2.07. The summed E-state index contributed by atoms with van der Waals surface area (Å²) < 4.78 is 1.87. The summed E-state index contributed by atoms with van der Waals surface area (Å²) in [6, 6.07) is 8.08. The number of aromatic nitrogens is 4. The third-order valence-corrected chi connectivity index (χ3v) is 3.02. The van der Waals surface area contributed by atoms with Gasteiger partial charge in [0.05, 0.1) is 23.4 Å². The average molecular weight is 237 g/mol. The Balaban J connectivity index is 2.12. The van der Waals surface area contributed by atoms with Crippen molar-refractivity contribution < 1.29 is 0 Å². The van der Waals surface area contributed by atoms with Gasteiger partial charge in [-0.05, 0) is 17.7 Å². The summed E-state index contributed by atoms with van der Waals surface area (Å²) >= 11 is 0. The van der Waals surface area contributed by atoms with Gasteiger partial charge in [0.15, 0.2) is 0 Å². The maximum atomic E-state index is 9.37. The van der Waals surface area contributed by atoms with E-state index in [1.165, 1.54) is 0 Å². The monoisotopic (exact) mass is 237 g/mol. The van der Waals surface area contributed by atoms with Gasteiger partial charge in [0.2, 0.25) is 0 Å². The molecule has 1 atom stereocenters. The molecule has 0 bridgehead atoms.